The van der Waals surface area contributed by atoms with E-state index in [-0.39, 0.29) is 11.6 Å². The van der Waals surface area contributed by atoms with Gasteiger partial charge in [-0.15, -0.1) is 0 Å². The molecule has 0 fully saturated rings. The summed E-state index contributed by atoms with van der Waals surface area (Å²) < 4.78 is 10.9. The van der Waals surface area contributed by atoms with E-state index in [2.05, 4.69) is 30.2 Å². The second-order valence-corrected chi connectivity index (χ2v) is 10.6. The van der Waals surface area contributed by atoms with Gasteiger partial charge >= 0.3 is 12.2 Å². The van der Waals surface area contributed by atoms with Crippen molar-refractivity contribution in [3.63, 3.8) is 0 Å². The lowest BCUT2D eigenvalue weighted by molar-refractivity contribution is 0.0428. The van der Waals surface area contributed by atoms with Gasteiger partial charge in [0.1, 0.15) is 35.4 Å². The number of aromatic nitrogens is 5. The van der Waals surface area contributed by atoms with E-state index in [1.807, 2.05) is 6.92 Å². The highest BCUT2D eigenvalue weighted by Gasteiger charge is 2.34. The molecule has 0 aromatic carbocycles. The van der Waals surface area contributed by atoms with Gasteiger partial charge in [0.25, 0.3) is 0 Å². The summed E-state index contributed by atoms with van der Waals surface area (Å²) in [4.78, 5) is 60.0. The number of anilines is 3. The number of amides is 2. The Hall–Kier alpha value is -4.48. The van der Waals surface area contributed by atoms with Gasteiger partial charge < -0.3 is 14.8 Å². The molecule has 1 N–H and O–H groups in total. The van der Waals surface area contributed by atoms with Crippen molar-refractivity contribution >= 4 is 35.3 Å². The van der Waals surface area contributed by atoms with Crippen LogP contribution in [0.25, 0.3) is 11.3 Å². The van der Waals surface area contributed by atoms with Crippen LogP contribution in [0.2, 0.25) is 0 Å². The molecule has 0 aliphatic rings. The van der Waals surface area contributed by atoms with Gasteiger partial charge in [0.2, 0.25) is 0 Å². The number of ether oxygens (including phenoxy) is 2. The largest absolute Gasteiger partial charge is 0.443 e. The summed E-state index contributed by atoms with van der Waals surface area (Å²) in [5.41, 5.74) is 0.831. The number of nitrogens with zero attached hydrogens (tertiary/aromatic N) is 6. The molecular formula is C27H33N7O5. The number of carbonyl (C=O) groups is 3. The minimum absolute atomic E-state index is 0.0552. The molecule has 12 nitrogen and oxygen atoms in total. The lowest BCUT2D eigenvalue weighted by Gasteiger charge is -2.28. The maximum absolute atomic E-state index is 13.1. The zero-order valence-corrected chi connectivity index (χ0v) is 23.4. The van der Waals surface area contributed by atoms with Gasteiger partial charge in [0.05, 0.1) is 23.1 Å². The molecule has 206 valence electrons. The fraction of sp³-hybridized carbons (Fsp3) is 0.407. The average molecular weight is 536 g/mol. The molecule has 0 saturated carbocycles. The standard InChI is InChI=1S/C27H33N7O5/c1-9-21(35)19-10-16(2)20(13-29-19)33-23-17(12-28-14-32-23)18-11-22(31-15-30-18)34(24(36)38-26(3,4)5)25(37)39-27(6,7)8/h10-15H,9H2,1-8H3,(H,28,32,33). The molecule has 0 bridgehead atoms. The van der Waals surface area contributed by atoms with Crippen LogP contribution in [0.3, 0.4) is 0 Å². The molecule has 0 unspecified atom stereocenters. The second kappa shape index (κ2) is 11.5. The van der Waals surface area contributed by atoms with Crippen LogP contribution >= 0.6 is 0 Å². The van der Waals surface area contributed by atoms with Gasteiger partial charge in [-0.1, -0.05) is 6.92 Å². The molecule has 0 radical (unpaired) electrons. The van der Waals surface area contributed by atoms with Crippen molar-refractivity contribution in [3.8, 4) is 11.3 Å². The van der Waals surface area contributed by atoms with Crippen molar-refractivity contribution in [2.45, 2.75) is 73.0 Å². The summed E-state index contributed by atoms with van der Waals surface area (Å²) in [7, 11) is 0. The summed E-state index contributed by atoms with van der Waals surface area (Å²) in [6.07, 6.45) is 4.11. The fourth-order valence-corrected chi connectivity index (χ4v) is 3.26. The number of pyridine rings is 1. The Bertz CT molecular complexity index is 1350. The predicted molar refractivity (Wildman–Crippen MR) is 145 cm³/mol. The van der Waals surface area contributed by atoms with Crippen molar-refractivity contribution in [2.75, 3.05) is 10.2 Å². The smallest absolute Gasteiger partial charge is 0.425 e. The van der Waals surface area contributed by atoms with E-state index in [0.717, 1.165) is 10.5 Å². The summed E-state index contributed by atoms with van der Waals surface area (Å²) >= 11 is 0. The zero-order valence-electron chi connectivity index (χ0n) is 23.4. The third-order valence-electron chi connectivity index (χ3n) is 4.99. The Balaban J connectivity index is 2.01. The highest BCUT2D eigenvalue weighted by Crippen LogP contribution is 2.30. The van der Waals surface area contributed by atoms with Crippen LogP contribution in [0.5, 0.6) is 0 Å². The number of hydrogen-bond donors (Lipinski definition) is 1. The third kappa shape index (κ3) is 7.76. The first-order valence-electron chi connectivity index (χ1n) is 12.3. The van der Waals surface area contributed by atoms with Gasteiger partial charge in [0.15, 0.2) is 11.6 Å². The van der Waals surface area contributed by atoms with E-state index in [1.54, 1.807) is 60.7 Å². The SMILES string of the molecule is CCC(=O)c1cc(C)c(Nc2ncncc2-c2cc(N(C(=O)OC(C)(C)C)C(=O)OC(C)(C)C)ncn2)cn1. The number of aryl methyl sites for hydroxylation is 1. The Morgan fingerprint density at radius 3 is 2.08 bits per heavy atom. The van der Waals surface area contributed by atoms with E-state index in [4.69, 9.17) is 9.47 Å². The first kappa shape index (κ1) is 29.1. The van der Waals surface area contributed by atoms with Crippen LogP contribution in [0, 0.1) is 6.92 Å². The first-order valence-corrected chi connectivity index (χ1v) is 12.3. The molecule has 3 rings (SSSR count). The number of nitrogens with one attached hydrogen (secondary N) is 1. The highest BCUT2D eigenvalue weighted by atomic mass is 16.6. The Kier molecular flexibility index (Phi) is 8.58. The normalized spacial score (nSPS) is 11.5. The first-order chi connectivity index (χ1) is 18.2. The van der Waals surface area contributed by atoms with Gasteiger partial charge in [-0.25, -0.2) is 29.5 Å². The van der Waals surface area contributed by atoms with Gasteiger partial charge in [-0.2, -0.15) is 4.90 Å². The summed E-state index contributed by atoms with van der Waals surface area (Å²) in [5.74, 6) is 0.272. The van der Waals surface area contributed by atoms with Crippen molar-refractivity contribution in [2.24, 2.45) is 0 Å². The maximum atomic E-state index is 13.1. The lowest BCUT2D eigenvalue weighted by Crippen LogP contribution is -2.44. The van der Waals surface area contributed by atoms with E-state index in [9.17, 15) is 14.4 Å². The summed E-state index contributed by atoms with van der Waals surface area (Å²) in [6, 6.07) is 3.14. The molecule has 0 atom stereocenters. The number of rotatable bonds is 6. The molecule has 39 heavy (non-hydrogen) atoms. The Labute approximate surface area is 227 Å². The molecule has 0 spiro atoms. The molecular weight excluding hydrogens is 502 g/mol. The van der Waals surface area contributed by atoms with Crippen molar-refractivity contribution in [1.29, 1.82) is 0 Å². The van der Waals surface area contributed by atoms with E-state index in [1.165, 1.54) is 24.9 Å². The second-order valence-electron chi connectivity index (χ2n) is 10.6. The van der Waals surface area contributed by atoms with Crippen molar-refractivity contribution in [1.82, 2.24) is 24.9 Å². The topological polar surface area (TPSA) is 149 Å². The van der Waals surface area contributed by atoms with Crippen molar-refractivity contribution < 1.29 is 23.9 Å². The van der Waals surface area contributed by atoms with Gasteiger partial charge in [-0.05, 0) is 60.1 Å². The molecule has 3 aromatic rings. The monoisotopic (exact) mass is 535 g/mol. The molecule has 0 aliphatic heterocycles. The molecule has 3 aromatic heterocycles. The van der Waals surface area contributed by atoms with Crippen LogP contribution < -0.4 is 10.2 Å². The molecule has 12 heteroatoms. The average Bonchev–Trinajstić information content (AvgIpc) is 2.83. The number of hydrogen-bond acceptors (Lipinski definition) is 11. The quantitative estimate of drug-likeness (QED) is 0.390. The van der Waals surface area contributed by atoms with E-state index in [0.29, 0.717) is 34.9 Å². The van der Waals surface area contributed by atoms with Crippen LogP contribution in [0.15, 0.2) is 37.2 Å². The minimum atomic E-state index is -0.951. The summed E-state index contributed by atoms with van der Waals surface area (Å²) in [5, 5.41) is 3.20. The fourth-order valence-electron chi connectivity index (χ4n) is 3.26. The van der Waals surface area contributed by atoms with Gasteiger partial charge in [0, 0.05) is 18.7 Å². The third-order valence-corrected chi connectivity index (χ3v) is 4.99. The van der Waals surface area contributed by atoms with Crippen LogP contribution in [-0.4, -0.2) is 54.1 Å². The molecule has 0 saturated heterocycles. The van der Waals surface area contributed by atoms with Crippen LogP contribution in [0.4, 0.5) is 26.9 Å². The molecule has 2 amide bonds. The Morgan fingerprint density at radius 2 is 1.51 bits per heavy atom. The molecule has 3 heterocycles. The molecule has 0 aliphatic carbocycles. The number of imide groups is 1. The van der Waals surface area contributed by atoms with Crippen molar-refractivity contribution in [3.05, 3.63) is 48.4 Å². The van der Waals surface area contributed by atoms with Crippen LogP contribution in [-0.2, 0) is 9.47 Å². The van der Waals surface area contributed by atoms with Crippen LogP contribution in [0.1, 0.15) is 70.9 Å². The highest BCUT2D eigenvalue weighted by molar-refractivity contribution is 6.09. The number of carbonyl (C=O) groups excluding carboxylic acids is 3. The minimum Gasteiger partial charge on any atom is -0.443 e. The lowest BCUT2D eigenvalue weighted by atomic mass is 10.1. The number of Topliss-reactive ketones (excluding diaryl/α,β-unsaturated/α-hetero) is 1. The Morgan fingerprint density at radius 1 is 0.872 bits per heavy atom. The predicted octanol–water partition coefficient (Wildman–Crippen LogP) is 5.65. The summed E-state index contributed by atoms with van der Waals surface area (Å²) in [6.45, 7) is 13.7. The number of ketones is 1. The maximum Gasteiger partial charge on any atom is 0.425 e. The zero-order chi connectivity index (χ0) is 29.0. The van der Waals surface area contributed by atoms with E-state index < -0.39 is 23.4 Å². The van der Waals surface area contributed by atoms with Gasteiger partial charge in [-0.3, -0.25) is 9.78 Å². The van der Waals surface area contributed by atoms with E-state index >= 15 is 0 Å².